The fourth-order valence-corrected chi connectivity index (χ4v) is 1.99. The zero-order valence-electron chi connectivity index (χ0n) is 6.88. The highest BCUT2D eigenvalue weighted by atomic mass is 15.2. The lowest BCUT2D eigenvalue weighted by atomic mass is 10.0. The van der Waals surface area contributed by atoms with Gasteiger partial charge >= 0.3 is 0 Å². The molecule has 0 saturated carbocycles. The number of rotatable bonds is 0. The third-order valence-electron chi connectivity index (χ3n) is 2.49. The lowest BCUT2D eigenvalue weighted by molar-refractivity contribution is 0.382. The number of nitrogens with zero attached hydrogens (tertiary/aromatic N) is 1. The van der Waals surface area contributed by atoms with Gasteiger partial charge in [-0.1, -0.05) is 0 Å². The van der Waals surface area contributed by atoms with E-state index in [0.29, 0.717) is 0 Å². The SMILES string of the molecule is [3H]N1CC2CN(C)CC2C1. The van der Waals surface area contributed by atoms with Crippen molar-refractivity contribution in [3.8, 4) is 0 Å². The van der Waals surface area contributed by atoms with Crippen LogP contribution in [-0.2, 0) is 0 Å². The van der Waals surface area contributed by atoms with Gasteiger partial charge in [0.05, 0.1) is 0 Å². The third kappa shape index (κ3) is 0.864. The Balaban J connectivity index is 2.00. The van der Waals surface area contributed by atoms with Crippen LogP contribution >= 0.6 is 0 Å². The molecule has 1 N–H and O–H groups in total. The Kier molecular flexibility index (Phi) is 1.02. The van der Waals surface area contributed by atoms with Crippen molar-refractivity contribution in [2.45, 2.75) is 0 Å². The van der Waals surface area contributed by atoms with Crippen molar-refractivity contribution in [1.29, 1.82) is 0 Å². The van der Waals surface area contributed by atoms with E-state index in [4.69, 9.17) is 1.41 Å². The standard InChI is InChI=1S/C7H14N2/c1-9-4-6-2-8-3-7(6)5-9/h6-8H,2-5H2,1H3/i/hT. The summed E-state index contributed by atoms with van der Waals surface area (Å²) in [5, 5.41) is 1.71. The molecule has 0 bridgehead atoms. The average molecular weight is 128 g/mol. The van der Waals surface area contributed by atoms with Crippen LogP contribution in [0.15, 0.2) is 0 Å². The van der Waals surface area contributed by atoms with Crippen LogP contribution < -0.4 is 5.31 Å². The Labute approximate surface area is 57.7 Å². The molecule has 2 rings (SSSR count). The molecular weight excluding hydrogens is 112 g/mol. The topological polar surface area (TPSA) is 15.3 Å². The van der Waals surface area contributed by atoms with Gasteiger partial charge in [0.2, 0.25) is 0 Å². The van der Waals surface area contributed by atoms with Crippen LogP contribution in [0, 0.1) is 11.8 Å². The summed E-state index contributed by atoms with van der Waals surface area (Å²) in [5.74, 6) is 1.59. The molecule has 0 aromatic rings. The lowest BCUT2D eigenvalue weighted by Crippen LogP contribution is -2.21. The molecular formula is C7H14N2. The molecule has 9 heavy (non-hydrogen) atoms. The second kappa shape index (κ2) is 1.96. The average Bonchev–Trinajstić information content (AvgIpc) is 2.21. The zero-order chi connectivity index (χ0) is 7.14. The highest BCUT2D eigenvalue weighted by molar-refractivity contribution is 4.89. The van der Waals surface area contributed by atoms with Gasteiger partial charge in [0.1, 0.15) is 1.41 Å². The first-order valence-electron chi connectivity index (χ1n) is 4.13. The molecule has 2 saturated heterocycles. The molecule has 0 aliphatic carbocycles. The molecule has 0 amide bonds. The van der Waals surface area contributed by atoms with Crippen LogP contribution in [0.5, 0.6) is 0 Å². The van der Waals surface area contributed by atoms with Crippen molar-refractivity contribution in [3.63, 3.8) is 0 Å². The van der Waals surface area contributed by atoms with Gasteiger partial charge in [-0.15, -0.1) is 0 Å². The maximum Gasteiger partial charge on any atom is 0.122 e. The number of hydrogen-bond acceptors (Lipinski definition) is 2. The van der Waals surface area contributed by atoms with Crippen molar-refractivity contribution < 1.29 is 1.41 Å². The minimum atomic E-state index is 0.794. The molecule has 2 nitrogen and oxygen atoms in total. The summed E-state index contributed by atoms with van der Waals surface area (Å²) in [6, 6.07) is 0. The van der Waals surface area contributed by atoms with Crippen molar-refractivity contribution in [2.75, 3.05) is 33.2 Å². The lowest BCUT2D eigenvalue weighted by Gasteiger charge is -2.07. The second-order valence-corrected chi connectivity index (χ2v) is 3.33. The van der Waals surface area contributed by atoms with Crippen molar-refractivity contribution in [1.82, 2.24) is 10.2 Å². The number of hydrogen-bond donors (Lipinski definition) is 1. The molecule has 2 aliphatic heterocycles. The molecule has 0 aromatic heterocycles. The summed E-state index contributed by atoms with van der Waals surface area (Å²) >= 11 is 0. The zero-order valence-corrected chi connectivity index (χ0v) is 5.88. The number of fused-ring (bicyclic) bond motifs is 1. The van der Waals surface area contributed by atoms with Gasteiger partial charge in [-0.25, -0.2) is 0 Å². The van der Waals surface area contributed by atoms with Crippen LogP contribution in [0.1, 0.15) is 0 Å². The summed E-state index contributed by atoms with van der Waals surface area (Å²) in [6.07, 6.45) is 0. The van der Waals surface area contributed by atoms with Gasteiger partial charge in [0.25, 0.3) is 0 Å². The summed E-state index contributed by atoms with van der Waals surface area (Å²) < 4.78 is 7.41. The Hall–Kier alpha value is -0.0800. The Bertz CT molecular complexity index is 112. The fraction of sp³-hybridized carbons (Fsp3) is 1.00. The number of nitrogens with one attached hydrogen (secondary N) is 1. The maximum atomic E-state index is 7.41. The van der Waals surface area contributed by atoms with Gasteiger partial charge in [-0.05, 0) is 32.0 Å². The first-order valence-corrected chi connectivity index (χ1v) is 3.68. The molecule has 0 radical (unpaired) electrons. The molecule has 2 fully saturated rings. The minimum absolute atomic E-state index is 0.794. The monoisotopic (exact) mass is 128 g/mol. The van der Waals surface area contributed by atoms with Crippen LogP contribution in [-0.4, -0.2) is 38.1 Å². The highest BCUT2D eigenvalue weighted by Gasteiger charge is 2.33. The van der Waals surface area contributed by atoms with Gasteiger partial charge in [0, 0.05) is 13.1 Å². The first-order chi connectivity index (χ1) is 4.75. The Morgan fingerprint density at radius 2 is 2.00 bits per heavy atom. The molecule has 2 aliphatic rings. The normalized spacial score (nSPS) is 47.4. The number of likely N-dealkylation sites (tertiary alicyclic amines) is 1. The van der Waals surface area contributed by atoms with Crippen molar-refractivity contribution in [2.24, 2.45) is 11.8 Å². The predicted octanol–water partition coefficient (Wildman–Crippen LogP) is -0.233. The molecule has 2 heterocycles. The summed E-state index contributed by atoms with van der Waals surface area (Å²) in [7, 11) is 2.17. The van der Waals surface area contributed by atoms with E-state index in [0.717, 1.165) is 24.9 Å². The van der Waals surface area contributed by atoms with E-state index in [1.165, 1.54) is 13.1 Å². The van der Waals surface area contributed by atoms with Crippen molar-refractivity contribution in [3.05, 3.63) is 0 Å². The largest absolute Gasteiger partial charge is 0.316 e. The van der Waals surface area contributed by atoms with Crippen LogP contribution in [0.3, 0.4) is 0 Å². The van der Waals surface area contributed by atoms with Gasteiger partial charge in [0.15, 0.2) is 0 Å². The highest BCUT2D eigenvalue weighted by Crippen LogP contribution is 2.24. The first kappa shape index (κ1) is 4.69. The molecule has 0 aromatic carbocycles. The van der Waals surface area contributed by atoms with Crippen LogP contribution in [0.2, 0.25) is 1.41 Å². The molecule has 0 spiro atoms. The van der Waals surface area contributed by atoms with Crippen molar-refractivity contribution >= 4 is 0 Å². The predicted molar refractivity (Wildman–Crippen MR) is 37.3 cm³/mol. The molecule has 2 unspecified atom stereocenters. The fourth-order valence-electron chi connectivity index (χ4n) is 1.99. The van der Waals surface area contributed by atoms with E-state index >= 15 is 0 Å². The van der Waals surface area contributed by atoms with Gasteiger partial charge in [-0.3, -0.25) is 0 Å². The summed E-state index contributed by atoms with van der Waals surface area (Å²) in [5.41, 5.74) is 0. The Morgan fingerprint density at radius 3 is 2.56 bits per heavy atom. The van der Waals surface area contributed by atoms with Crippen LogP contribution in [0.4, 0.5) is 0 Å². The van der Waals surface area contributed by atoms with E-state index in [1.807, 2.05) is 0 Å². The smallest absolute Gasteiger partial charge is 0.122 e. The molecule has 52 valence electrons. The van der Waals surface area contributed by atoms with Gasteiger partial charge < -0.3 is 10.2 Å². The Morgan fingerprint density at radius 1 is 1.44 bits per heavy atom. The van der Waals surface area contributed by atoms with E-state index in [9.17, 15) is 0 Å². The minimum Gasteiger partial charge on any atom is -0.316 e. The third-order valence-corrected chi connectivity index (χ3v) is 2.49. The maximum absolute atomic E-state index is 7.41. The molecule has 2 heteroatoms. The summed E-state index contributed by atoms with van der Waals surface area (Å²) in [4.78, 5) is 2.38. The van der Waals surface area contributed by atoms with E-state index in [-0.39, 0.29) is 0 Å². The van der Waals surface area contributed by atoms with Crippen LogP contribution in [0.25, 0.3) is 0 Å². The summed E-state index contributed by atoms with van der Waals surface area (Å²) in [6.45, 7) is 4.41. The van der Waals surface area contributed by atoms with E-state index in [2.05, 4.69) is 11.9 Å². The quantitative estimate of drug-likeness (QED) is 0.484. The molecule has 2 atom stereocenters. The van der Waals surface area contributed by atoms with Gasteiger partial charge in [-0.2, -0.15) is 0 Å². The van der Waals surface area contributed by atoms with E-state index in [1.54, 1.807) is 5.31 Å². The van der Waals surface area contributed by atoms with E-state index < -0.39 is 0 Å². The second-order valence-electron chi connectivity index (χ2n) is 3.33.